The lowest BCUT2D eigenvalue weighted by Gasteiger charge is -2.06. The summed E-state index contributed by atoms with van der Waals surface area (Å²) in [6.07, 6.45) is 1.21. The van der Waals surface area contributed by atoms with Crippen molar-refractivity contribution in [3.05, 3.63) is 35.4 Å². The number of amides is 2. The highest BCUT2D eigenvalue weighted by molar-refractivity contribution is 5.97. The Balaban J connectivity index is 1.85. The quantitative estimate of drug-likeness (QED) is 0.847. The molecule has 1 aromatic carbocycles. The molecule has 1 fully saturated rings. The Morgan fingerprint density at radius 2 is 1.84 bits per heavy atom. The van der Waals surface area contributed by atoms with Gasteiger partial charge >= 0.3 is 0 Å². The van der Waals surface area contributed by atoms with E-state index < -0.39 is 5.91 Å². The third-order valence-corrected chi connectivity index (χ3v) is 3.79. The lowest BCUT2D eigenvalue weighted by atomic mass is 10.1. The van der Waals surface area contributed by atoms with Crippen molar-refractivity contribution < 1.29 is 9.59 Å². The minimum atomic E-state index is -0.482. The van der Waals surface area contributed by atoms with Crippen LogP contribution in [0, 0.1) is 17.8 Å². The molecule has 19 heavy (non-hydrogen) atoms. The van der Waals surface area contributed by atoms with E-state index in [1.807, 2.05) is 0 Å². The van der Waals surface area contributed by atoms with Crippen LogP contribution in [-0.4, -0.2) is 18.4 Å². The molecule has 0 saturated heterocycles. The van der Waals surface area contributed by atoms with Crippen LogP contribution in [-0.2, 0) is 0 Å². The smallest absolute Gasteiger partial charge is 0.251 e. The SMILES string of the molecule is CC(C)[C@@H]1C[C@H]1CNC(=O)c1ccc(C(N)=O)cc1. The van der Waals surface area contributed by atoms with Crippen LogP contribution in [0.1, 0.15) is 41.0 Å². The molecule has 1 aromatic rings. The first-order valence-electron chi connectivity index (χ1n) is 6.67. The second-order valence-electron chi connectivity index (χ2n) is 5.56. The highest BCUT2D eigenvalue weighted by Gasteiger charge is 2.38. The van der Waals surface area contributed by atoms with E-state index in [-0.39, 0.29) is 5.91 Å². The largest absolute Gasteiger partial charge is 0.366 e. The van der Waals surface area contributed by atoms with E-state index in [4.69, 9.17) is 5.73 Å². The third-order valence-electron chi connectivity index (χ3n) is 3.79. The summed E-state index contributed by atoms with van der Waals surface area (Å²) in [4.78, 5) is 22.8. The van der Waals surface area contributed by atoms with Gasteiger partial charge in [-0.15, -0.1) is 0 Å². The van der Waals surface area contributed by atoms with Crippen molar-refractivity contribution in [2.45, 2.75) is 20.3 Å². The summed E-state index contributed by atoms with van der Waals surface area (Å²) in [5.41, 5.74) is 6.13. The van der Waals surface area contributed by atoms with E-state index in [2.05, 4.69) is 19.2 Å². The molecule has 2 amide bonds. The van der Waals surface area contributed by atoms with E-state index in [0.717, 1.165) is 12.5 Å². The van der Waals surface area contributed by atoms with Crippen LogP contribution >= 0.6 is 0 Å². The number of nitrogens with one attached hydrogen (secondary N) is 1. The highest BCUT2D eigenvalue weighted by Crippen LogP contribution is 2.43. The number of carbonyl (C=O) groups is 2. The van der Waals surface area contributed by atoms with E-state index in [1.54, 1.807) is 24.3 Å². The van der Waals surface area contributed by atoms with Crippen molar-refractivity contribution in [3.63, 3.8) is 0 Å². The molecule has 3 N–H and O–H groups in total. The van der Waals surface area contributed by atoms with E-state index in [0.29, 0.717) is 23.0 Å². The normalized spacial score (nSPS) is 21.2. The zero-order chi connectivity index (χ0) is 14.0. The van der Waals surface area contributed by atoms with E-state index in [9.17, 15) is 9.59 Å². The molecule has 1 aliphatic carbocycles. The molecule has 1 saturated carbocycles. The van der Waals surface area contributed by atoms with Gasteiger partial charge in [-0.3, -0.25) is 9.59 Å². The van der Waals surface area contributed by atoms with Gasteiger partial charge < -0.3 is 11.1 Å². The summed E-state index contributed by atoms with van der Waals surface area (Å²) >= 11 is 0. The Morgan fingerprint density at radius 1 is 1.26 bits per heavy atom. The topological polar surface area (TPSA) is 72.2 Å². The molecule has 0 bridgehead atoms. The maximum absolute atomic E-state index is 11.9. The van der Waals surface area contributed by atoms with Gasteiger partial charge in [0.1, 0.15) is 0 Å². The van der Waals surface area contributed by atoms with E-state index >= 15 is 0 Å². The van der Waals surface area contributed by atoms with Crippen LogP contribution in [0.5, 0.6) is 0 Å². The van der Waals surface area contributed by atoms with Gasteiger partial charge in [0, 0.05) is 17.7 Å². The fourth-order valence-electron chi connectivity index (χ4n) is 2.43. The van der Waals surface area contributed by atoms with Gasteiger partial charge in [0.2, 0.25) is 5.91 Å². The molecule has 0 aromatic heterocycles. The average molecular weight is 260 g/mol. The molecule has 0 aliphatic heterocycles. The van der Waals surface area contributed by atoms with Gasteiger partial charge in [-0.25, -0.2) is 0 Å². The zero-order valence-corrected chi connectivity index (χ0v) is 11.3. The molecule has 4 nitrogen and oxygen atoms in total. The van der Waals surface area contributed by atoms with Crippen molar-refractivity contribution in [2.75, 3.05) is 6.54 Å². The Morgan fingerprint density at radius 3 is 2.32 bits per heavy atom. The summed E-state index contributed by atoms with van der Waals surface area (Å²) in [5, 5.41) is 2.94. The maximum atomic E-state index is 11.9. The Kier molecular flexibility index (Phi) is 3.88. The van der Waals surface area contributed by atoms with E-state index in [1.165, 1.54) is 6.42 Å². The standard InChI is InChI=1S/C15H20N2O2/c1-9(2)13-7-12(13)8-17-15(19)11-5-3-10(4-6-11)14(16)18/h3-6,9,12-13H,7-8H2,1-2H3,(H2,16,18)(H,17,19)/t12-,13-/m0/s1. The van der Waals surface area contributed by atoms with Crippen LogP contribution in [0.25, 0.3) is 0 Å². The minimum Gasteiger partial charge on any atom is -0.366 e. The molecule has 4 heteroatoms. The van der Waals surface area contributed by atoms with Crippen molar-refractivity contribution in [2.24, 2.45) is 23.5 Å². The second kappa shape index (κ2) is 5.43. The summed E-state index contributed by atoms with van der Waals surface area (Å²) in [7, 11) is 0. The zero-order valence-electron chi connectivity index (χ0n) is 11.3. The first-order chi connectivity index (χ1) is 8.99. The van der Waals surface area contributed by atoms with Crippen LogP contribution < -0.4 is 11.1 Å². The summed E-state index contributed by atoms with van der Waals surface area (Å²) in [6, 6.07) is 6.40. The molecule has 102 valence electrons. The number of rotatable bonds is 5. The number of benzene rings is 1. The highest BCUT2D eigenvalue weighted by atomic mass is 16.2. The predicted molar refractivity (Wildman–Crippen MR) is 73.7 cm³/mol. The van der Waals surface area contributed by atoms with Crippen molar-refractivity contribution in [1.29, 1.82) is 0 Å². The van der Waals surface area contributed by atoms with Gasteiger partial charge in [-0.1, -0.05) is 13.8 Å². The predicted octanol–water partition coefficient (Wildman–Crippen LogP) is 1.81. The average Bonchev–Trinajstić information content (AvgIpc) is 3.15. The van der Waals surface area contributed by atoms with Gasteiger partial charge in [-0.2, -0.15) is 0 Å². The Bertz CT molecular complexity index is 479. The van der Waals surface area contributed by atoms with Crippen LogP contribution in [0.3, 0.4) is 0 Å². The fraction of sp³-hybridized carbons (Fsp3) is 0.467. The maximum Gasteiger partial charge on any atom is 0.251 e. The van der Waals surface area contributed by atoms with Crippen LogP contribution in [0.2, 0.25) is 0 Å². The first-order valence-corrected chi connectivity index (χ1v) is 6.67. The summed E-state index contributed by atoms with van der Waals surface area (Å²) in [5.74, 6) is 1.48. The lowest BCUT2D eigenvalue weighted by molar-refractivity contribution is 0.0948. The summed E-state index contributed by atoms with van der Waals surface area (Å²) < 4.78 is 0. The Labute approximate surface area is 113 Å². The molecule has 0 radical (unpaired) electrons. The van der Waals surface area contributed by atoms with Crippen molar-refractivity contribution >= 4 is 11.8 Å². The molecular weight excluding hydrogens is 240 g/mol. The van der Waals surface area contributed by atoms with Crippen LogP contribution in [0.4, 0.5) is 0 Å². The molecule has 1 aliphatic rings. The number of primary amides is 1. The number of hydrogen-bond donors (Lipinski definition) is 2. The fourth-order valence-corrected chi connectivity index (χ4v) is 2.43. The molecule has 2 atom stereocenters. The Hall–Kier alpha value is -1.84. The monoisotopic (exact) mass is 260 g/mol. The number of hydrogen-bond acceptors (Lipinski definition) is 2. The first kappa shape index (κ1) is 13.6. The van der Waals surface area contributed by atoms with Gasteiger partial charge in [-0.05, 0) is 48.4 Å². The number of nitrogens with two attached hydrogens (primary N) is 1. The minimum absolute atomic E-state index is 0.0922. The van der Waals surface area contributed by atoms with Gasteiger partial charge in [0.25, 0.3) is 5.91 Å². The molecule has 0 unspecified atom stereocenters. The van der Waals surface area contributed by atoms with Crippen molar-refractivity contribution in [3.8, 4) is 0 Å². The third kappa shape index (κ3) is 3.34. The number of carbonyl (C=O) groups excluding carboxylic acids is 2. The second-order valence-corrected chi connectivity index (χ2v) is 5.56. The lowest BCUT2D eigenvalue weighted by Crippen LogP contribution is -2.26. The molecule has 0 heterocycles. The van der Waals surface area contributed by atoms with Crippen molar-refractivity contribution in [1.82, 2.24) is 5.32 Å². The van der Waals surface area contributed by atoms with Gasteiger partial charge in [0.15, 0.2) is 0 Å². The molecule has 0 spiro atoms. The van der Waals surface area contributed by atoms with Crippen LogP contribution in [0.15, 0.2) is 24.3 Å². The summed E-state index contributed by atoms with van der Waals surface area (Å²) in [6.45, 7) is 5.17. The molecule has 2 rings (SSSR count). The van der Waals surface area contributed by atoms with Gasteiger partial charge in [0.05, 0.1) is 0 Å². The molecular formula is C15H20N2O2.